The summed E-state index contributed by atoms with van der Waals surface area (Å²) in [4.78, 5) is 42.3. The van der Waals surface area contributed by atoms with Crippen molar-refractivity contribution in [3.8, 4) is 0 Å². The normalized spacial score (nSPS) is 18.2. The summed E-state index contributed by atoms with van der Waals surface area (Å²) >= 11 is 6.10. The predicted molar refractivity (Wildman–Crippen MR) is 191 cm³/mol. The molecule has 1 aliphatic carbocycles. The van der Waals surface area contributed by atoms with Crippen molar-refractivity contribution in [2.24, 2.45) is 5.92 Å². The molecule has 1 saturated heterocycles. The second-order valence-corrected chi connectivity index (χ2v) is 17.0. The van der Waals surface area contributed by atoms with Gasteiger partial charge in [0.15, 0.2) is 0 Å². The first-order valence-corrected chi connectivity index (χ1v) is 19.0. The Hall–Kier alpha value is -3.10. The number of hydrogen-bond donors (Lipinski definition) is 2. The number of hydrogen-bond acceptors (Lipinski definition) is 9. The van der Waals surface area contributed by atoms with E-state index in [1.807, 2.05) is 0 Å². The number of para-hydroxylation sites is 1. The molecule has 270 valence electrons. The van der Waals surface area contributed by atoms with E-state index in [1.54, 1.807) is 48.3 Å². The first-order chi connectivity index (χ1) is 23.1. The van der Waals surface area contributed by atoms with Crippen LogP contribution in [0.2, 0.25) is 5.02 Å². The van der Waals surface area contributed by atoms with Gasteiger partial charge in [0, 0.05) is 48.2 Å². The van der Waals surface area contributed by atoms with Crippen LogP contribution in [0.15, 0.2) is 53.4 Å². The van der Waals surface area contributed by atoms with E-state index in [9.17, 15) is 28.1 Å². The van der Waals surface area contributed by atoms with E-state index in [-0.39, 0.29) is 36.4 Å². The summed E-state index contributed by atoms with van der Waals surface area (Å²) < 4.78 is 28.0. The van der Waals surface area contributed by atoms with Crippen molar-refractivity contribution in [1.29, 1.82) is 0 Å². The molecule has 2 aromatic carbocycles. The van der Waals surface area contributed by atoms with Crippen molar-refractivity contribution in [2.75, 3.05) is 33.7 Å². The topological polar surface area (TPSA) is 145 Å². The third-order valence-electron chi connectivity index (χ3n) is 9.34. The van der Waals surface area contributed by atoms with Crippen LogP contribution in [0, 0.1) is 16.0 Å². The Bertz CT molecular complexity index is 1550. The van der Waals surface area contributed by atoms with Gasteiger partial charge in [-0.25, -0.2) is 13.4 Å². The van der Waals surface area contributed by atoms with Gasteiger partial charge < -0.3 is 9.80 Å². The number of carbonyl (C=O) groups excluding carboxylic acids is 2. The number of carbonyl (C=O) groups is 2. The summed E-state index contributed by atoms with van der Waals surface area (Å²) in [5.74, 6) is -0.410. The molecule has 2 fully saturated rings. The van der Waals surface area contributed by atoms with E-state index in [2.05, 4.69) is 36.4 Å². The second-order valence-electron chi connectivity index (χ2n) is 14.5. The van der Waals surface area contributed by atoms with Gasteiger partial charge in [-0.05, 0) is 90.7 Å². The zero-order valence-electron chi connectivity index (χ0n) is 29.2. The Morgan fingerprint density at radius 2 is 1.61 bits per heavy atom. The highest BCUT2D eigenvalue weighted by atomic mass is 35.5. The van der Waals surface area contributed by atoms with Gasteiger partial charge in [-0.1, -0.05) is 55.1 Å². The Kier molecular flexibility index (Phi) is 13.2. The molecule has 1 saturated carbocycles. The molecule has 2 N–H and O–H groups in total. The molecule has 0 spiro atoms. The molecule has 1 heterocycles. The second kappa shape index (κ2) is 16.7. The van der Waals surface area contributed by atoms with Crippen LogP contribution in [-0.4, -0.2) is 96.7 Å². The maximum absolute atomic E-state index is 14.0. The predicted octanol–water partition coefficient (Wildman–Crippen LogP) is 4.81. The highest BCUT2D eigenvalue weighted by Crippen LogP contribution is 2.32. The molecule has 49 heavy (non-hydrogen) atoms. The average Bonchev–Trinajstić information content (AvgIpc) is 3.05. The van der Waals surface area contributed by atoms with Crippen molar-refractivity contribution in [3.63, 3.8) is 0 Å². The van der Waals surface area contributed by atoms with Gasteiger partial charge in [-0.3, -0.25) is 30.4 Å². The van der Waals surface area contributed by atoms with E-state index in [1.165, 1.54) is 24.6 Å². The molecule has 14 heteroatoms. The van der Waals surface area contributed by atoms with E-state index in [0.717, 1.165) is 37.3 Å². The SMILES string of the molecule is CN(C)C[C@H](N[C@H](Cc1ccc(Cl)cc1)C(=O)NN1CCC(C(=O)N(C2CCCCC2)C(C)(C)C)CC1)S(=O)(=O)c1ccccc1[N+](=O)[O-]. The number of nitro groups is 1. The van der Waals surface area contributed by atoms with Crippen LogP contribution < -0.4 is 10.7 Å². The van der Waals surface area contributed by atoms with Crippen LogP contribution >= 0.6 is 11.6 Å². The number of halogens is 1. The van der Waals surface area contributed by atoms with Gasteiger partial charge in [0.05, 0.1) is 11.0 Å². The fraction of sp³-hybridized carbons (Fsp3) is 0.600. The number of rotatable bonds is 13. The van der Waals surface area contributed by atoms with Crippen molar-refractivity contribution in [3.05, 3.63) is 69.2 Å². The zero-order chi connectivity index (χ0) is 35.9. The first kappa shape index (κ1) is 38.7. The maximum Gasteiger partial charge on any atom is 0.288 e. The first-order valence-electron chi connectivity index (χ1n) is 17.1. The number of amides is 2. The molecule has 2 amide bonds. The number of nitrogens with zero attached hydrogens (tertiary/aromatic N) is 4. The van der Waals surface area contributed by atoms with E-state index in [0.29, 0.717) is 31.0 Å². The summed E-state index contributed by atoms with van der Waals surface area (Å²) in [5, 5.41) is 15.8. The van der Waals surface area contributed by atoms with Crippen LogP contribution in [0.25, 0.3) is 0 Å². The minimum absolute atomic E-state index is 0.0441. The van der Waals surface area contributed by atoms with Crippen molar-refractivity contribution >= 4 is 38.9 Å². The van der Waals surface area contributed by atoms with Crippen LogP contribution in [-0.2, 0) is 25.8 Å². The smallest absolute Gasteiger partial charge is 0.288 e. The maximum atomic E-state index is 14.0. The van der Waals surface area contributed by atoms with Crippen LogP contribution in [0.5, 0.6) is 0 Å². The van der Waals surface area contributed by atoms with Gasteiger partial charge in [0.2, 0.25) is 15.7 Å². The Morgan fingerprint density at radius 3 is 2.18 bits per heavy atom. The lowest BCUT2D eigenvalue weighted by Gasteiger charge is -2.46. The number of benzene rings is 2. The van der Waals surface area contributed by atoms with Crippen molar-refractivity contribution in [1.82, 2.24) is 25.6 Å². The minimum atomic E-state index is -4.33. The minimum Gasteiger partial charge on any atom is -0.335 e. The summed E-state index contributed by atoms with van der Waals surface area (Å²) in [6, 6.07) is 11.4. The molecule has 12 nitrogen and oxygen atoms in total. The number of nitrogens with one attached hydrogen (secondary N) is 2. The summed E-state index contributed by atoms with van der Waals surface area (Å²) in [6.07, 6.45) is 6.85. The Balaban J connectivity index is 1.52. The molecule has 2 atom stereocenters. The third-order valence-corrected chi connectivity index (χ3v) is 11.6. The van der Waals surface area contributed by atoms with Crippen molar-refractivity contribution in [2.45, 2.75) is 100 Å². The summed E-state index contributed by atoms with van der Waals surface area (Å²) in [7, 11) is -0.945. The molecule has 0 unspecified atom stereocenters. The standard InChI is InChI=1S/C35H51ClN6O6S/c1-35(2,3)41(28-11-7-6-8-12-28)34(44)26-19-21-40(22-20-26)38-33(43)29(23-25-15-17-27(36)18-16-25)37-32(24-39(4)5)49(47,48)31-14-10-9-13-30(31)42(45)46/h9-10,13-18,26,28-29,32,37H,6-8,11-12,19-24H2,1-5H3,(H,38,43)/t29-,32-/m1/s1. The molecular weight excluding hydrogens is 668 g/mol. The van der Waals surface area contributed by atoms with E-state index in [4.69, 9.17) is 11.6 Å². The Labute approximate surface area is 295 Å². The fourth-order valence-electron chi connectivity index (χ4n) is 6.95. The molecule has 2 aromatic rings. The van der Waals surface area contributed by atoms with Gasteiger partial charge in [0.1, 0.15) is 10.3 Å². The summed E-state index contributed by atoms with van der Waals surface area (Å²) in [6.45, 7) is 7.19. The molecule has 0 bridgehead atoms. The van der Waals surface area contributed by atoms with Crippen LogP contribution in [0.1, 0.15) is 71.3 Å². The number of piperidine rings is 1. The fourth-order valence-corrected chi connectivity index (χ4v) is 8.92. The van der Waals surface area contributed by atoms with Crippen LogP contribution in [0.3, 0.4) is 0 Å². The average molecular weight is 719 g/mol. The third kappa shape index (κ3) is 10.2. The van der Waals surface area contributed by atoms with Gasteiger partial charge >= 0.3 is 0 Å². The molecular formula is C35H51ClN6O6S. The lowest BCUT2D eigenvalue weighted by molar-refractivity contribution is -0.387. The number of hydrazine groups is 1. The highest BCUT2D eigenvalue weighted by molar-refractivity contribution is 7.92. The van der Waals surface area contributed by atoms with Gasteiger partial charge in [-0.2, -0.15) is 0 Å². The molecule has 1 aliphatic heterocycles. The number of nitro benzene ring substituents is 1. The van der Waals surface area contributed by atoms with Gasteiger partial charge in [0.25, 0.3) is 11.6 Å². The molecule has 2 aliphatic rings. The summed E-state index contributed by atoms with van der Waals surface area (Å²) in [5.41, 5.74) is 2.91. The molecule has 4 rings (SSSR count). The quantitative estimate of drug-likeness (QED) is 0.220. The monoisotopic (exact) mass is 718 g/mol. The zero-order valence-corrected chi connectivity index (χ0v) is 30.8. The largest absolute Gasteiger partial charge is 0.335 e. The van der Waals surface area contributed by atoms with Crippen LogP contribution in [0.4, 0.5) is 5.69 Å². The van der Waals surface area contributed by atoms with Gasteiger partial charge in [-0.15, -0.1) is 0 Å². The van der Waals surface area contributed by atoms with Crippen molar-refractivity contribution < 1.29 is 22.9 Å². The number of sulfone groups is 1. The lowest BCUT2D eigenvalue weighted by atomic mass is 9.87. The number of likely N-dealkylation sites (N-methyl/N-ethyl adjacent to an activating group) is 1. The molecule has 0 radical (unpaired) electrons. The highest BCUT2D eigenvalue weighted by Gasteiger charge is 2.40. The molecule has 0 aromatic heterocycles. The Morgan fingerprint density at radius 1 is 1.00 bits per heavy atom. The lowest BCUT2D eigenvalue weighted by Crippen LogP contribution is -2.59. The van der Waals surface area contributed by atoms with E-state index < -0.39 is 42.7 Å². The van der Waals surface area contributed by atoms with E-state index >= 15 is 0 Å².